The summed E-state index contributed by atoms with van der Waals surface area (Å²) >= 11 is 0. The van der Waals surface area contributed by atoms with Crippen LogP contribution < -0.4 is 0 Å². The Kier molecular flexibility index (Phi) is 4.77. The van der Waals surface area contributed by atoms with Crippen LogP contribution in [-0.2, 0) is 11.4 Å². The minimum atomic E-state index is 0.335. The third-order valence-corrected chi connectivity index (χ3v) is 2.92. The molecule has 1 aliphatic rings. The zero-order valence-electron chi connectivity index (χ0n) is 10.5. The molecule has 0 saturated carbocycles. The van der Waals surface area contributed by atoms with E-state index >= 15 is 0 Å². The van der Waals surface area contributed by atoms with Gasteiger partial charge in [0.25, 0.3) is 0 Å². The average molecular weight is 231 g/mol. The predicted octanol–water partition coefficient (Wildman–Crippen LogP) is 3.90. The van der Waals surface area contributed by atoms with Crippen LogP contribution in [0, 0.1) is 0 Å². The van der Waals surface area contributed by atoms with Gasteiger partial charge in [-0.05, 0) is 24.8 Å². The molecule has 0 aliphatic carbocycles. The molecule has 0 aromatic heterocycles. The third kappa shape index (κ3) is 4.33. The highest BCUT2D eigenvalue weighted by atomic mass is 16.8. The molecule has 0 radical (unpaired) electrons. The van der Waals surface area contributed by atoms with E-state index in [-0.39, 0.29) is 0 Å². The summed E-state index contributed by atoms with van der Waals surface area (Å²) in [6.45, 7) is 3.11. The Balaban J connectivity index is 1.61. The number of rotatable bonds is 7. The van der Waals surface area contributed by atoms with Crippen LogP contribution in [0.5, 0.6) is 0 Å². The van der Waals surface area contributed by atoms with E-state index in [1.165, 1.54) is 18.4 Å². The molecule has 2 rings (SSSR count). The average Bonchev–Trinajstić information content (AvgIpc) is 3.09. The van der Waals surface area contributed by atoms with Crippen molar-refractivity contribution in [3.8, 4) is 0 Å². The summed E-state index contributed by atoms with van der Waals surface area (Å²) < 4.78 is 0. The van der Waals surface area contributed by atoms with Crippen LogP contribution in [0.25, 0.3) is 0 Å². The number of hydrogen-bond donors (Lipinski definition) is 0. The van der Waals surface area contributed by atoms with Gasteiger partial charge in [0.15, 0.2) is 6.23 Å². The Labute approximate surface area is 104 Å². The molecule has 2 nitrogen and oxygen atoms in total. The van der Waals surface area contributed by atoms with Crippen molar-refractivity contribution in [2.24, 2.45) is 0 Å². The molecule has 2 unspecified atom stereocenters. The molecule has 1 heterocycles. The van der Waals surface area contributed by atoms with E-state index in [1.807, 2.05) is 6.07 Å². The van der Waals surface area contributed by atoms with Gasteiger partial charge in [-0.15, -0.1) is 0 Å². The quantitative estimate of drug-likeness (QED) is 0.522. The van der Waals surface area contributed by atoms with Crippen LogP contribution >= 0.6 is 0 Å². The van der Waals surface area contributed by atoms with Gasteiger partial charge < -0.3 is 0 Å². The van der Waals surface area contributed by atoms with E-state index in [0.717, 1.165) is 19.4 Å². The van der Waals surface area contributed by atoms with Crippen LogP contribution in [0.15, 0.2) is 42.5 Å². The topological polar surface area (TPSA) is 15.5 Å². The molecule has 0 amide bonds. The monoisotopic (exact) mass is 231 g/mol. The molecule has 92 valence electrons. The maximum Gasteiger partial charge on any atom is 0.155 e. The minimum absolute atomic E-state index is 0.335. The molecule has 17 heavy (non-hydrogen) atoms. The van der Waals surface area contributed by atoms with Crippen molar-refractivity contribution in [1.82, 2.24) is 5.06 Å². The third-order valence-electron chi connectivity index (χ3n) is 2.92. The summed E-state index contributed by atoms with van der Waals surface area (Å²) in [5, 5.41) is 2.06. The molecule has 2 atom stereocenters. The van der Waals surface area contributed by atoms with Gasteiger partial charge in [0.2, 0.25) is 0 Å². The SMILES string of the molecule is CCC/C=C/CCC1ON1Cc1ccccc1. The standard InChI is InChI=1S/C15H21NO/c1-2-3-4-5-9-12-15-16(17-15)13-14-10-7-6-8-11-14/h4-8,10-11,15H,2-3,9,12-13H2,1H3/b5-4+. The second-order valence-corrected chi connectivity index (χ2v) is 4.46. The zero-order valence-corrected chi connectivity index (χ0v) is 10.5. The van der Waals surface area contributed by atoms with Crippen LogP contribution in [0.2, 0.25) is 0 Å². The van der Waals surface area contributed by atoms with E-state index in [2.05, 4.69) is 48.4 Å². The van der Waals surface area contributed by atoms with Gasteiger partial charge in [-0.2, -0.15) is 5.06 Å². The fourth-order valence-corrected chi connectivity index (χ4v) is 1.87. The van der Waals surface area contributed by atoms with Crippen molar-refractivity contribution >= 4 is 0 Å². The molecule has 1 saturated heterocycles. The summed E-state index contributed by atoms with van der Waals surface area (Å²) in [5.74, 6) is 0. The van der Waals surface area contributed by atoms with Crippen molar-refractivity contribution in [1.29, 1.82) is 0 Å². The van der Waals surface area contributed by atoms with Gasteiger partial charge in [-0.3, -0.25) is 4.84 Å². The Hall–Kier alpha value is -1.12. The molecule has 0 bridgehead atoms. The fourth-order valence-electron chi connectivity index (χ4n) is 1.87. The van der Waals surface area contributed by atoms with E-state index < -0.39 is 0 Å². The minimum Gasteiger partial charge on any atom is -0.275 e. The molecule has 0 N–H and O–H groups in total. The first kappa shape index (κ1) is 12.3. The van der Waals surface area contributed by atoms with E-state index in [0.29, 0.717) is 6.23 Å². The van der Waals surface area contributed by atoms with Gasteiger partial charge in [-0.25, -0.2) is 0 Å². The highest BCUT2D eigenvalue weighted by Gasteiger charge is 2.34. The predicted molar refractivity (Wildman–Crippen MR) is 70.1 cm³/mol. The molecule has 1 aromatic carbocycles. The van der Waals surface area contributed by atoms with Gasteiger partial charge in [0, 0.05) is 0 Å². The number of unbranched alkanes of at least 4 members (excludes halogenated alkanes) is 1. The number of benzene rings is 1. The molecular weight excluding hydrogens is 210 g/mol. The Bertz CT molecular complexity index is 347. The molecule has 1 fully saturated rings. The molecule has 2 heteroatoms. The van der Waals surface area contributed by atoms with Crippen LogP contribution in [-0.4, -0.2) is 11.3 Å². The molecule has 1 aliphatic heterocycles. The van der Waals surface area contributed by atoms with Gasteiger partial charge in [-0.1, -0.05) is 55.8 Å². The smallest absolute Gasteiger partial charge is 0.155 e. The first-order chi connectivity index (χ1) is 8.40. The maximum atomic E-state index is 5.53. The second kappa shape index (κ2) is 6.58. The Morgan fingerprint density at radius 2 is 1.94 bits per heavy atom. The fraction of sp³-hybridized carbons (Fsp3) is 0.467. The number of hydroxylamine groups is 2. The summed E-state index contributed by atoms with van der Waals surface area (Å²) in [7, 11) is 0. The summed E-state index contributed by atoms with van der Waals surface area (Å²) in [4.78, 5) is 5.53. The lowest BCUT2D eigenvalue weighted by Crippen LogP contribution is -2.01. The first-order valence-electron chi connectivity index (χ1n) is 6.52. The van der Waals surface area contributed by atoms with Crippen molar-refractivity contribution in [3.05, 3.63) is 48.0 Å². The number of allylic oxidation sites excluding steroid dienone is 2. The number of hydrogen-bond acceptors (Lipinski definition) is 2. The van der Waals surface area contributed by atoms with Crippen LogP contribution in [0.3, 0.4) is 0 Å². The van der Waals surface area contributed by atoms with Gasteiger partial charge in [0.05, 0.1) is 6.54 Å². The summed E-state index contributed by atoms with van der Waals surface area (Å²) in [6.07, 6.45) is 9.52. The lowest BCUT2D eigenvalue weighted by Gasteiger charge is -1.98. The van der Waals surface area contributed by atoms with E-state index in [1.54, 1.807) is 0 Å². The normalized spacial score (nSPS) is 23.1. The first-order valence-corrected chi connectivity index (χ1v) is 6.52. The van der Waals surface area contributed by atoms with Crippen molar-refractivity contribution in [2.75, 3.05) is 0 Å². The Morgan fingerprint density at radius 1 is 1.18 bits per heavy atom. The van der Waals surface area contributed by atoms with E-state index in [9.17, 15) is 0 Å². The van der Waals surface area contributed by atoms with E-state index in [4.69, 9.17) is 4.84 Å². The summed E-state index contributed by atoms with van der Waals surface area (Å²) in [5.41, 5.74) is 1.32. The maximum absolute atomic E-state index is 5.53. The van der Waals surface area contributed by atoms with Crippen LogP contribution in [0.4, 0.5) is 0 Å². The molecule has 0 spiro atoms. The second-order valence-electron chi connectivity index (χ2n) is 4.46. The highest BCUT2D eigenvalue weighted by molar-refractivity contribution is 5.14. The lowest BCUT2D eigenvalue weighted by atomic mass is 10.2. The summed E-state index contributed by atoms with van der Waals surface area (Å²) in [6, 6.07) is 10.5. The molecular formula is C15H21NO. The zero-order chi connectivity index (χ0) is 11.9. The van der Waals surface area contributed by atoms with Crippen molar-refractivity contribution in [3.63, 3.8) is 0 Å². The highest BCUT2D eigenvalue weighted by Crippen LogP contribution is 2.27. The lowest BCUT2D eigenvalue weighted by molar-refractivity contribution is 0.191. The Morgan fingerprint density at radius 3 is 2.71 bits per heavy atom. The largest absolute Gasteiger partial charge is 0.275 e. The van der Waals surface area contributed by atoms with Crippen LogP contribution in [0.1, 0.15) is 38.2 Å². The van der Waals surface area contributed by atoms with Gasteiger partial charge in [0.1, 0.15) is 0 Å². The van der Waals surface area contributed by atoms with Crippen molar-refractivity contribution in [2.45, 2.75) is 45.4 Å². The number of nitrogens with zero attached hydrogens (tertiary/aromatic N) is 1. The molecule has 1 aromatic rings. The van der Waals surface area contributed by atoms with Crippen molar-refractivity contribution < 1.29 is 4.84 Å². The van der Waals surface area contributed by atoms with Gasteiger partial charge >= 0.3 is 0 Å².